The zero-order chi connectivity index (χ0) is 42.7. The van der Waals surface area contributed by atoms with E-state index >= 15 is 9.59 Å². The highest BCUT2D eigenvalue weighted by molar-refractivity contribution is 6.74. The van der Waals surface area contributed by atoms with Crippen molar-refractivity contribution in [3.63, 3.8) is 0 Å². The van der Waals surface area contributed by atoms with Crippen molar-refractivity contribution in [3.05, 3.63) is 129 Å². The van der Waals surface area contributed by atoms with Crippen LogP contribution in [0.5, 0.6) is 17.4 Å². The van der Waals surface area contributed by atoms with Crippen LogP contribution in [0.1, 0.15) is 120 Å². The Labute approximate surface area is 352 Å². The van der Waals surface area contributed by atoms with Crippen LogP contribution in [0.2, 0.25) is 18.1 Å². The van der Waals surface area contributed by atoms with Gasteiger partial charge in [0.25, 0.3) is 5.88 Å². The van der Waals surface area contributed by atoms with Gasteiger partial charge in [-0.3, -0.25) is 9.59 Å². The first-order chi connectivity index (χ1) is 28.3. The maximum atomic E-state index is 15.8. The van der Waals surface area contributed by atoms with Crippen LogP contribution in [-0.2, 0) is 35.9 Å². The fraction of sp³-hybridized carbons (Fsp3) is 0.420. The van der Waals surface area contributed by atoms with Crippen molar-refractivity contribution >= 4 is 30.7 Å². The van der Waals surface area contributed by atoms with Gasteiger partial charge in [0.05, 0.1) is 22.4 Å². The second-order valence-electron chi connectivity index (χ2n) is 19.7. The van der Waals surface area contributed by atoms with Crippen LogP contribution in [0, 0.1) is 18.3 Å². The van der Waals surface area contributed by atoms with E-state index in [9.17, 15) is 10.2 Å². The molecule has 1 spiro atoms. The molecule has 1 heterocycles. The number of ketones is 2. The summed E-state index contributed by atoms with van der Waals surface area (Å²) < 4.78 is 25.9. The Morgan fingerprint density at radius 1 is 0.917 bits per heavy atom. The van der Waals surface area contributed by atoms with E-state index < -0.39 is 42.9 Å². The summed E-state index contributed by atoms with van der Waals surface area (Å²) in [6.45, 7) is 19.5. The molecule has 2 N–H and O–H groups in total. The topological polar surface area (TPSA) is 128 Å². The van der Waals surface area contributed by atoms with E-state index in [0.717, 1.165) is 40.5 Å². The number of allylic oxidation sites excluding steroid dienone is 2. The average molecular weight is 826 g/mol. The van der Waals surface area contributed by atoms with Crippen molar-refractivity contribution in [2.75, 3.05) is 0 Å². The number of aliphatic hydroxyl groups is 1. The van der Waals surface area contributed by atoms with Crippen LogP contribution in [0.4, 0.5) is 0 Å². The second kappa shape index (κ2) is 13.7. The largest absolute Gasteiger partial charge is 0.506 e. The summed E-state index contributed by atoms with van der Waals surface area (Å²) in [5, 5.41) is 31.3. The minimum Gasteiger partial charge on any atom is -0.506 e. The van der Waals surface area contributed by atoms with Gasteiger partial charge in [0.1, 0.15) is 36.6 Å². The van der Waals surface area contributed by atoms with Gasteiger partial charge in [-0.1, -0.05) is 107 Å². The molecule has 4 aliphatic carbocycles. The number of aromatic nitrogens is 1. The molecule has 10 heteroatoms. The van der Waals surface area contributed by atoms with Gasteiger partial charge in [-0.15, -0.1) is 0 Å². The van der Waals surface area contributed by atoms with E-state index in [-0.39, 0.29) is 52.8 Å². The number of rotatable bonds is 8. The SMILES string of the molecule is CC1=CCCC(C)(C)[C@@]12Cc1c3c(c(O)c4c(OCc5ccccc5)cc(C)c2c14)C(=O)[C@@]1(O)[C@H](Cc2onc(OCc4ccccc4)c2[C@H]1O[Si](C)(C)C(C)(C)C)C3=O. The minimum absolute atomic E-state index is 0.0947. The monoisotopic (exact) mass is 825 g/mol. The lowest BCUT2D eigenvalue weighted by Crippen LogP contribution is -2.62. The first kappa shape index (κ1) is 40.4. The molecule has 4 aromatic carbocycles. The molecule has 9 nitrogen and oxygen atoms in total. The molecule has 0 fully saturated rings. The fourth-order valence-electron chi connectivity index (χ4n) is 10.6. The molecule has 9 rings (SSSR count). The number of ether oxygens (including phenoxy) is 2. The number of Topliss-reactive ketones (excluding diaryl/α,β-unsaturated/α-hetero) is 2. The summed E-state index contributed by atoms with van der Waals surface area (Å²) in [6, 6.07) is 21.4. The number of hydrogen-bond acceptors (Lipinski definition) is 9. The molecular weight excluding hydrogens is 771 g/mol. The molecule has 4 aliphatic rings. The van der Waals surface area contributed by atoms with Crippen LogP contribution in [0.25, 0.3) is 10.8 Å². The van der Waals surface area contributed by atoms with Gasteiger partial charge in [0, 0.05) is 17.4 Å². The van der Waals surface area contributed by atoms with Crippen LogP contribution in [0.3, 0.4) is 0 Å². The predicted octanol–water partition coefficient (Wildman–Crippen LogP) is 10.6. The van der Waals surface area contributed by atoms with Gasteiger partial charge >= 0.3 is 0 Å². The number of nitrogens with zero attached hydrogens (tertiary/aromatic N) is 1. The Morgan fingerprint density at radius 3 is 2.17 bits per heavy atom. The molecule has 0 unspecified atom stereocenters. The summed E-state index contributed by atoms with van der Waals surface area (Å²) >= 11 is 0. The Morgan fingerprint density at radius 2 is 1.55 bits per heavy atom. The van der Waals surface area contributed by atoms with Gasteiger partial charge in [-0.25, -0.2) is 0 Å². The number of carbonyl (C=O) groups is 2. The molecule has 312 valence electrons. The van der Waals surface area contributed by atoms with Crippen molar-refractivity contribution in [2.45, 2.75) is 123 Å². The number of hydrogen-bond donors (Lipinski definition) is 2. The molecule has 0 saturated heterocycles. The Balaban J connectivity index is 1.28. The van der Waals surface area contributed by atoms with Crippen molar-refractivity contribution in [1.82, 2.24) is 5.16 Å². The zero-order valence-corrected chi connectivity index (χ0v) is 37.1. The minimum atomic E-state index is -2.82. The number of phenols is 1. The maximum absolute atomic E-state index is 15.8. The maximum Gasteiger partial charge on any atom is 0.260 e. The Hall–Kier alpha value is -5.03. The highest BCUT2D eigenvalue weighted by atomic mass is 28.4. The lowest BCUT2D eigenvalue weighted by atomic mass is 9.53. The normalized spacial score (nSPS) is 24.3. The molecule has 0 saturated carbocycles. The average Bonchev–Trinajstić information content (AvgIpc) is 3.78. The van der Waals surface area contributed by atoms with E-state index in [1.165, 1.54) is 5.57 Å². The Kier molecular flexibility index (Phi) is 9.25. The summed E-state index contributed by atoms with van der Waals surface area (Å²) in [5.41, 5.74) is 2.89. The second-order valence-corrected chi connectivity index (χ2v) is 24.4. The van der Waals surface area contributed by atoms with Crippen LogP contribution < -0.4 is 9.47 Å². The highest BCUT2D eigenvalue weighted by Gasteiger charge is 2.66. The third-order valence-electron chi connectivity index (χ3n) is 14.9. The molecule has 1 aromatic heterocycles. The van der Waals surface area contributed by atoms with Crippen molar-refractivity contribution in [3.8, 4) is 17.4 Å². The Bertz CT molecular complexity index is 2620. The lowest BCUT2D eigenvalue weighted by Gasteiger charge is -2.50. The van der Waals surface area contributed by atoms with Gasteiger partial charge in [-0.2, -0.15) is 0 Å². The molecule has 0 amide bonds. The lowest BCUT2D eigenvalue weighted by molar-refractivity contribution is -0.0833. The van der Waals surface area contributed by atoms with E-state index in [1.54, 1.807) is 0 Å². The first-order valence-electron chi connectivity index (χ1n) is 21.2. The standard InChI is InChI=1S/C50H55NO8Si/c1-28-23-34(56-26-30-18-12-10-13-19-30)38-36-32(25-49(41(28)36)29(2)17-16-22-48(49,6)7)37-40(43(38)53)44(54)50(55)33(42(37)52)24-35-39(45(50)59-60(8,9)47(3,4)5)46(51-58-35)57-27-31-20-14-11-15-21-31/h10-15,17-21,23,33,45,53,55H,16,22,24-27H2,1-9H3/t33-,45-,49+,50+/m1/s1. The number of aromatic hydroxyl groups is 1. The van der Waals surface area contributed by atoms with E-state index in [0.29, 0.717) is 34.4 Å². The summed E-state index contributed by atoms with van der Waals surface area (Å²) in [5.74, 6) is -2.01. The van der Waals surface area contributed by atoms with Gasteiger partial charge in [0.15, 0.2) is 19.7 Å². The summed E-state index contributed by atoms with van der Waals surface area (Å²) in [4.78, 5) is 31.4. The van der Waals surface area contributed by atoms with Gasteiger partial charge in [-0.05, 0) is 101 Å². The zero-order valence-electron chi connectivity index (χ0n) is 36.1. The van der Waals surface area contributed by atoms with Crippen LogP contribution in [0.15, 0.2) is 82.9 Å². The van der Waals surface area contributed by atoms with Crippen molar-refractivity contribution in [1.29, 1.82) is 0 Å². The van der Waals surface area contributed by atoms with Gasteiger partial charge in [0.2, 0.25) is 5.78 Å². The third kappa shape index (κ3) is 5.66. The fourth-order valence-corrected chi connectivity index (χ4v) is 11.8. The highest BCUT2D eigenvalue weighted by Crippen LogP contribution is 2.65. The molecule has 0 radical (unpaired) electrons. The van der Waals surface area contributed by atoms with E-state index in [4.69, 9.17) is 18.4 Å². The summed E-state index contributed by atoms with van der Waals surface area (Å²) in [7, 11) is -2.82. The van der Waals surface area contributed by atoms with Gasteiger partial charge < -0.3 is 28.6 Å². The molecule has 0 aliphatic heterocycles. The molecule has 4 atom stereocenters. The number of phenolic OH excluding ortho intramolecular Hbond substituents is 1. The third-order valence-corrected chi connectivity index (χ3v) is 19.4. The van der Waals surface area contributed by atoms with Crippen LogP contribution >= 0.6 is 0 Å². The number of aryl methyl sites for hydroxylation is 1. The number of fused-ring (bicyclic) bond motifs is 5. The predicted molar refractivity (Wildman–Crippen MR) is 232 cm³/mol. The molecular formula is C50H55NO8Si. The smallest absolute Gasteiger partial charge is 0.260 e. The molecule has 0 bridgehead atoms. The first-order valence-corrected chi connectivity index (χ1v) is 24.1. The number of benzene rings is 4. The van der Waals surface area contributed by atoms with E-state index in [2.05, 4.69) is 59.7 Å². The molecule has 5 aromatic rings. The van der Waals surface area contributed by atoms with Crippen LogP contribution in [-0.4, -0.2) is 40.9 Å². The van der Waals surface area contributed by atoms with Crippen molar-refractivity contribution < 1.29 is 38.2 Å². The number of carbonyl (C=O) groups excluding carboxylic acids is 2. The molecule has 60 heavy (non-hydrogen) atoms. The van der Waals surface area contributed by atoms with E-state index in [1.807, 2.05) is 79.8 Å². The van der Waals surface area contributed by atoms with Crippen molar-refractivity contribution in [2.24, 2.45) is 11.3 Å². The quantitative estimate of drug-likeness (QED) is 0.116. The summed E-state index contributed by atoms with van der Waals surface area (Å²) in [6.07, 6.45) is 3.12.